The summed E-state index contributed by atoms with van der Waals surface area (Å²) in [7, 11) is 1.61. The van der Waals surface area contributed by atoms with E-state index in [0.29, 0.717) is 19.4 Å². The molecule has 18 heavy (non-hydrogen) atoms. The highest BCUT2D eigenvalue weighted by Crippen LogP contribution is 2.11. The van der Waals surface area contributed by atoms with Crippen LogP contribution in [0, 0.1) is 11.3 Å². The second kappa shape index (κ2) is 8.13. The summed E-state index contributed by atoms with van der Waals surface area (Å²) >= 11 is 0. The summed E-state index contributed by atoms with van der Waals surface area (Å²) in [4.78, 5) is 11.6. The molecule has 0 aliphatic carbocycles. The zero-order valence-electron chi connectivity index (χ0n) is 10.6. The molecule has 0 unspecified atom stereocenters. The van der Waals surface area contributed by atoms with Gasteiger partial charge in [-0.15, -0.1) is 0 Å². The number of methoxy groups -OCH3 is 1. The first-order valence-electron chi connectivity index (χ1n) is 6.03. The largest absolute Gasteiger partial charge is 0.497 e. The molecule has 0 saturated carbocycles. The summed E-state index contributed by atoms with van der Waals surface area (Å²) in [5.74, 6) is 0.799. The fraction of sp³-hybridized carbons (Fsp3) is 0.429. The molecule has 0 radical (unpaired) electrons. The smallest absolute Gasteiger partial charge is 0.224 e. The minimum atomic E-state index is 0.0112. The maximum Gasteiger partial charge on any atom is 0.224 e. The molecule has 0 fully saturated rings. The van der Waals surface area contributed by atoms with Gasteiger partial charge in [0.15, 0.2) is 0 Å². The van der Waals surface area contributed by atoms with Gasteiger partial charge in [0.2, 0.25) is 5.91 Å². The molecule has 0 atom stereocenters. The van der Waals surface area contributed by atoms with Gasteiger partial charge in [0.1, 0.15) is 5.75 Å². The van der Waals surface area contributed by atoms with E-state index in [4.69, 9.17) is 10.00 Å². The van der Waals surface area contributed by atoms with Crippen molar-refractivity contribution in [3.63, 3.8) is 0 Å². The van der Waals surface area contributed by atoms with Crippen LogP contribution in [0.2, 0.25) is 0 Å². The van der Waals surface area contributed by atoms with E-state index >= 15 is 0 Å². The summed E-state index contributed by atoms with van der Waals surface area (Å²) in [6.45, 7) is 0.636. The van der Waals surface area contributed by atoms with E-state index in [-0.39, 0.29) is 5.91 Å². The summed E-state index contributed by atoms with van der Waals surface area (Å²) in [5.41, 5.74) is 0.963. The zero-order valence-corrected chi connectivity index (χ0v) is 10.6. The Morgan fingerprint density at radius 2 is 2.06 bits per heavy atom. The van der Waals surface area contributed by atoms with Crippen molar-refractivity contribution in [3.8, 4) is 11.8 Å². The number of amides is 1. The first-order chi connectivity index (χ1) is 8.76. The zero-order chi connectivity index (χ0) is 13.2. The average Bonchev–Trinajstić information content (AvgIpc) is 2.39. The molecule has 0 aliphatic rings. The fourth-order valence-electron chi connectivity index (χ4n) is 1.55. The van der Waals surface area contributed by atoms with Crippen LogP contribution in [-0.4, -0.2) is 19.6 Å². The number of nitriles is 1. The van der Waals surface area contributed by atoms with Gasteiger partial charge >= 0.3 is 0 Å². The molecule has 0 aliphatic heterocycles. The standard InChI is InChI=1S/C14H18N2O2/c1-18-13-7-5-12(6-8-13)11-14(17)16-10-4-2-3-9-15/h5-8H,2-4,10-11H2,1H3,(H,16,17). The minimum Gasteiger partial charge on any atom is -0.497 e. The van der Waals surface area contributed by atoms with E-state index in [2.05, 4.69) is 11.4 Å². The third-order valence-electron chi connectivity index (χ3n) is 2.56. The number of nitrogens with zero attached hydrogens (tertiary/aromatic N) is 1. The minimum absolute atomic E-state index is 0.0112. The Morgan fingerprint density at radius 3 is 2.67 bits per heavy atom. The van der Waals surface area contributed by atoms with Crippen molar-refractivity contribution >= 4 is 5.91 Å². The van der Waals surface area contributed by atoms with E-state index < -0.39 is 0 Å². The normalized spacial score (nSPS) is 9.56. The van der Waals surface area contributed by atoms with Gasteiger partial charge in [0.25, 0.3) is 0 Å². The lowest BCUT2D eigenvalue weighted by Crippen LogP contribution is -2.26. The molecule has 1 rings (SSSR count). The van der Waals surface area contributed by atoms with Crippen molar-refractivity contribution in [1.82, 2.24) is 5.32 Å². The van der Waals surface area contributed by atoms with Crippen LogP contribution in [-0.2, 0) is 11.2 Å². The van der Waals surface area contributed by atoms with Gasteiger partial charge < -0.3 is 10.1 Å². The third kappa shape index (κ3) is 5.35. The van der Waals surface area contributed by atoms with Gasteiger partial charge in [-0.05, 0) is 30.5 Å². The molecular formula is C14H18N2O2. The Bertz CT molecular complexity index is 407. The maximum absolute atomic E-state index is 11.6. The van der Waals surface area contributed by atoms with Crippen molar-refractivity contribution in [2.24, 2.45) is 0 Å². The van der Waals surface area contributed by atoms with E-state index in [1.807, 2.05) is 24.3 Å². The summed E-state index contributed by atoms with van der Waals surface area (Å²) in [5, 5.41) is 11.2. The van der Waals surface area contributed by atoms with Crippen LogP contribution in [0.5, 0.6) is 5.75 Å². The van der Waals surface area contributed by atoms with Gasteiger partial charge in [-0.3, -0.25) is 4.79 Å². The van der Waals surface area contributed by atoms with Gasteiger partial charge in [-0.2, -0.15) is 5.26 Å². The number of unbranched alkanes of at least 4 members (excludes halogenated alkanes) is 2. The Hall–Kier alpha value is -2.02. The second-order valence-electron chi connectivity index (χ2n) is 3.99. The average molecular weight is 246 g/mol. The number of nitrogens with one attached hydrogen (secondary N) is 1. The highest BCUT2D eigenvalue weighted by molar-refractivity contribution is 5.78. The highest BCUT2D eigenvalue weighted by atomic mass is 16.5. The number of benzene rings is 1. The lowest BCUT2D eigenvalue weighted by atomic mass is 10.1. The number of hydrogen-bond donors (Lipinski definition) is 1. The second-order valence-corrected chi connectivity index (χ2v) is 3.99. The molecule has 1 amide bonds. The molecule has 4 nitrogen and oxygen atoms in total. The molecule has 0 spiro atoms. The number of ether oxygens (including phenoxy) is 1. The molecule has 0 saturated heterocycles. The van der Waals surface area contributed by atoms with Crippen LogP contribution in [0.4, 0.5) is 0 Å². The highest BCUT2D eigenvalue weighted by Gasteiger charge is 2.02. The van der Waals surface area contributed by atoms with Crippen molar-refractivity contribution in [3.05, 3.63) is 29.8 Å². The Balaban J connectivity index is 2.25. The molecule has 1 aromatic carbocycles. The van der Waals surface area contributed by atoms with Gasteiger partial charge in [0.05, 0.1) is 19.6 Å². The lowest BCUT2D eigenvalue weighted by molar-refractivity contribution is -0.120. The van der Waals surface area contributed by atoms with Crippen molar-refractivity contribution in [2.45, 2.75) is 25.7 Å². The molecule has 1 N–H and O–H groups in total. The fourth-order valence-corrected chi connectivity index (χ4v) is 1.55. The van der Waals surface area contributed by atoms with Crippen molar-refractivity contribution in [1.29, 1.82) is 5.26 Å². The van der Waals surface area contributed by atoms with Crippen molar-refractivity contribution in [2.75, 3.05) is 13.7 Å². The van der Waals surface area contributed by atoms with Crippen LogP contribution >= 0.6 is 0 Å². The van der Waals surface area contributed by atoms with E-state index in [1.165, 1.54) is 0 Å². The van der Waals surface area contributed by atoms with Crippen LogP contribution < -0.4 is 10.1 Å². The molecule has 0 aromatic heterocycles. The summed E-state index contributed by atoms with van der Waals surface area (Å²) < 4.78 is 5.05. The molecule has 0 heterocycles. The van der Waals surface area contributed by atoms with E-state index in [1.54, 1.807) is 7.11 Å². The third-order valence-corrected chi connectivity index (χ3v) is 2.56. The van der Waals surface area contributed by atoms with Crippen LogP contribution in [0.25, 0.3) is 0 Å². The molecule has 0 bridgehead atoms. The quantitative estimate of drug-likeness (QED) is 0.749. The Kier molecular flexibility index (Phi) is 6.34. The molecular weight excluding hydrogens is 228 g/mol. The lowest BCUT2D eigenvalue weighted by Gasteiger charge is -2.05. The summed E-state index contributed by atoms with van der Waals surface area (Å²) in [6.07, 6.45) is 2.61. The SMILES string of the molecule is COc1ccc(CC(=O)NCCCCC#N)cc1. The summed E-state index contributed by atoms with van der Waals surface area (Å²) in [6, 6.07) is 9.53. The number of rotatable bonds is 7. The first-order valence-corrected chi connectivity index (χ1v) is 6.03. The first kappa shape index (κ1) is 14.0. The van der Waals surface area contributed by atoms with Gasteiger partial charge in [-0.1, -0.05) is 12.1 Å². The van der Waals surface area contributed by atoms with Crippen molar-refractivity contribution < 1.29 is 9.53 Å². The predicted octanol–water partition coefficient (Wildman–Crippen LogP) is 2.05. The topological polar surface area (TPSA) is 62.1 Å². The van der Waals surface area contributed by atoms with Gasteiger partial charge in [0, 0.05) is 13.0 Å². The monoisotopic (exact) mass is 246 g/mol. The molecule has 96 valence electrons. The number of carbonyl (C=O) groups excluding carboxylic acids is 1. The Morgan fingerprint density at radius 1 is 1.33 bits per heavy atom. The molecule has 1 aromatic rings. The van der Waals surface area contributed by atoms with Gasteiger partial charge in [-0.25, -0.2) is 0 Å². The van der Waals surface area contributed by atoms with E-state index in [0.717, 1.165) is 24.2 Å². The van der Waals surface area contributed by atoms with Crippen LogP contribution in [0.3, 0.4) is 0 Å². The number of hydrogen-bond acceptors (Lipinski definition) is 3. The Labute approximate surface area is 108 Å². The predicted molar refractivity (Wildman–Crippen MR) is 69.2 cm³/mol. The van der Waals surface area contributed by atoms with Crippen LogP contribution in [0.15, 0.2) is 24.3 Å². The van der Waals surface area contributed by atoms with Crippen LogP contribution in [0.1, 0.15) is 24.8 Å². The maximum atomic E-state index is 11.6. The molecule has 4 heteroatoms. The number of carbonyl (C=O) groups is 1. The van der Waals surface area contributed by atoms with E-state index in [9.17, 15) is 4.79 Å².